The summed E-state index contributed by atoms with van der Waals surface area (Å²) >= 11 is 6.10. The molecule has 0 bridgehead atoms. The van der Waals surface area contributed by atoms with Gasteiger partial charge in [0.25, 0.3) is 5.91 Å². The number of nitrogens with zero attached hydrogens (tertiary/aromatic N) is 2. The third-order valence-corrected chi connectivity index (χ3v) is 4.00. The molecule has 3 aromatic rings. The fourth-order valence-corrected chi connectivity index (χ4v) is 2.63. The van der Waals surface area contributed by atoms with Gasteiger partial charge in [-0.05, 0) is 49.7 Å². The summed E-state index contributed by atoms with van der Waals surface area (Å²) in [6.45, 7) is 3.83. The highest BCUT2D eigenvalue weighted by Crippen LogP contribution is 2.25. The molecular weight excluding hydrogens is 397 g/mol. The molecule has 29 heavy (non-hydrogen) atoms. The number of carbonyl (C=O) groups excluding carboxylic acids is 1. The van der Waals surface area contributed by atoms with Crippen molar-refractivity contribution < 1.29 is 18.7 Å². The van der Waals surface area contributed by atoms with Crippen LogP contribution in [0, 0.1) is 5.82 Å². The van der Waals surface area contributed by atoms with Crippen LogP contribution in [-0.2, 0) is 6.54 Å². The Morgan fingerprint density at radius 1 is 1.24 bits per heavy atom. The molecule has 1 aromatic carbocycles. The van der Waals surface area contributed by atoms with E-state index in [9.17, 15) is 9.18 Å². The fraction of sp³-hybridized carbons (Fsp3) is 0.190. The molecule has 0 fully saturated rings. The van der Waals surface area contributed by atoms with Crippen molar-refractivity contribution in [3.63, 3.8) is 0 Å². The van der Waals surface area contributed by atoms with E-state index < -0.39 is 5.82 Å². The van der Waals surface area contributed by atoms with Gasteiger partial charge in [0.1, 0.15) is 10.8 Å². The summed E-state index contributed by atoms with van der Waals surface area (Å²) in [5.41, 5.74) is 0.858. The third-order valence-electron chi connectivity index (χ3n) is 3.73. The third kappa shape index (κ3) is 5.65. The summed E-state index contributed by atoms with van der Waals surface area (Å²) in [5.74, 6) is -0.150. The lowest BCUT2D eigenvalue weighted by atomic mass is 10.2. The molecule has 1 N–H and O–H groups in total. The molecule has 0 spiro atoms. The fourth-order valence-electron chi connectivity index (χ4n) is 2.42. The van der Waals surface area contributed by atoms with Gasteiger partial charge in [-0.1, -0.05) is 17.7 Å². The van der Waals surface area contributed by atoms with Gasteiger partial charge >= 0.3 is 0 Å². The first-order valence-corrected chi connectivity index (χ1v) is 9.27. The normalized spacial score (nSPS) is 10.7. The van der Waals surface area contributed by atoms with Crippen LogP contribution in [0.2, 0.25) is 5.02 Å². The molecule has 0 aliphatic rings. The number of rotatable bonds is 7. The van der Waals surface area contributed by atoms with E-state index in [1.54, 1.807) is 24.4 Å². The summed E-state index contributed by atoms with van der Waals surface area (Å²) < 4.78 is 25.2. The first-order chi connectivity index (χ1) is 13.9. The second kappa shape index (κ2) is 9.34. The second-order valence-electron chi connectivity index (χ2n) is 6.42. The number of amides is 1. The quantitative estimate of drug-likeness (QED) is 0.601. The van der Waals surface area contributed by atoms with E-state index in [1.165, 1.54) is 30.6 Å². The van der Waals surface area contributed by atoms with Crippen LogP contribution in [0.15, 0.2) is 55.0 Å². The predicted molar refractivity (Wildman–Crippen MR) is 107 cm³/mol. The Bertz CT molecular complexity index is 1000. The van der Waals surface area contributed by atoms with Crippen molar-refractivity contribution in [2.75, 3.05) is 0 Å². The molecular formula is C21H19ClFN3O3. The molecule has 6 nitrogen and oxygen atoms in total. The van der Waals surface area contributed by atoms with Gasteiger partial charge in [0, 0.05) is 18.9 Å². The van der Waals surface area contributed by atoms with Crippen molar-refractivity contribution in [1.29, 1.82) is 0 Å². The maximum atomic E-state index is 14.3. The standard InChI is InChI=1S/C21H19ClFN3O3/c1-13(2)28-21-17(22)9-15(11-26-21)20(27)25-10-14-5-6-19(18(23)8-14)29-16-4-3-7-24-12-16/h3-9,11-13H,10H2,1-2H3,(H,25,27). The zero-order valence-corrected chi connectivity index (χ0v) is 16.6. The Hall–Kier alpha value is -3.19. The van der Waals surface area contributed by atoms with Crippen molar-refractivity contribution in [2.24, 2.45) is 0 Å². The summed E-state index contributed by atoms with van der Waals surface area (Å²) in [5, 5.41) is 2.95. The average Bonchev–Trinajstić information content (AvgIpc) is 2.70. The van der Waals surface area contributed by atoms with Crippen LogP contribution in [0.25, 0.3) is 0 Å². The highest BCUT2D eigenvalue weighted by atomic mass is 35.5. The van der Waals surface area contributed by atoms with Gasteiger partial charge in [0.2, 0.25) is 5.88 Å². The summed E-state index contributed by atoms with van der Waals surface area (Å²) in [6, 6.07) is 9.32. The van der Waals surface area contributed by atoms with E-state index in [0.717, 1.165) is 0 Å². The highest BCUT2D eigenvalue weighted by molar-refractivity contribution is 6.32. The lowest BCUT2D eigenvalue weighted by molar-refractivity contribution is 0.0950. The zero-order chi connectivity index (χ0) is 20.8. The Kier molecular flexibility index (Phi) is 6.61. The molecule has 0 unspecified atom stereocenters. The Balaban J connectivity index is 1.61. The minimum Gasteiger partial charge on any atom is -0.474 e. The molecule has 2 aromatic heterocycles. The van der Waals surface area contributed by atoms with Gasteiger partial charge in [0.05, 0.1) is 17.9 Å². The maximum Gasteiger partial charge on any atom is 0.253 e. The van der Waals surface area contributed by atoms with Crippen LogP contribution in [0.4, 0.5) is 4.39 Å². The number of carbonyl (C=O) groups is 1. The number of pyridine rings is 2. The predicted octanol–water partition coefficient (Wildman–Crippen LogP) is 4.78. The number of hydrogen-bond donors (Lipinski definition) is 1. The first kappa shape index (κ1) is 20.5. The van der Waals surface area contributed by atoms with E-state index in [-0.39, 0.29) is 40.8 Å². The van der Waals surface area contributed by atoms with Crippen molar-refractivity contribution in [3.8, 4) is 17.4 Å². The molecule has 0 aliphatic heterocycles. The van der Waals surface area contributed by atoms with Crippen LogP contribution in [0.1, 0.15) is 29.8 Å². The molecule has 2 heterocycles. The number of aromatic nitrogens is 2. The minimum absolute atomic E-state index is 0.0739. The summed E-state index contributed by atoms with van der Waals surface area (Å²) in [4.78, 5) is 20.3. The lowest BCUT2D eigenvalue weighted by Crippen LogP contribution is -2.23. The molecule has 0 saturated heterocycles. The smallest absolute Gasteiger partial charge is 0.253 e. The van der Waals surface area contributed by atoms with E-state index >= 15 is 0 Å². The van der Waals surface area contributed by atoms with Gasteiger partial charge in [-0.15, -0.1) is 0 Å². The van der Waals surface area contributed by atoms with Gasteiger partial charge < -0.3 is 14.8 Å². The molecule has 8 heteroatoms. The average molecular weight is 416 g/mol. The largest absolute Gasteiger partial charge is 0.474 e. The van der Waals surface area contributed by atoms with Crippen molar-refractivity contribution in [3.05, 3.63) is 77.0 Å². The van der Waals surface area contributed by atoms with E-state index in [2.05, 4.69) is 15.3 Å². The van der Waals surface area contributed by atoms with Crippen LogP contribution in [0.3, 0.4) is 0 Å². The number of halogens is 2. The summed E-state index contributed by atoms with van der Waals surface area (Å²) in [7, 11) is 0. The van der Waals surface area contributed by atoms with E-state index in [4.69, 9.17) is 21.1 Å². The van der Waals surface area contributed by atoms with Gasteiger partial charge in [-0.3, -0.25) is 9.78 Å². The van der Waals surface area contributed by atoms with Gasteiger partial charge in [0.15, 0.2) is 11.6 Å². The SMILES string of the molecule is CC(C)Oc1ncc(C(=O)NCc2ccc(Oc3cccnc3)c(F)c2)cc1Cl. The Labute approximate surface area is 172 Å². The Morgan fingerprint density at radius 2 is 2.07 bits per heavy atom. The number of hydrogen-bond acceptors (Lipinski definition) is 5. The molecule has 0 atom stereocenters. The number of nitrogens with one attached hydrogen (secondary N) is 1. The molecule has 3 rings (SSSR count). The van der Waals surface area contributed by atoms with Crippen LogP contribution < -0.4 is 14.8 Å². The zero-order valence-electron chi connectivity index (χ0n) is 15.9. The van der Waals surface area contributed by atoms with E-state index in [0.29, 0.717) is 11.3 Å². The number of ether oxygens (including phenoxy) is 2. The monoisotopic (exact) mass is 415 g/mol. The Morgan fingerprint density at radius 3 is 2.72 bits per heavy atom. The van der Waals surface area contributed by atoms with Crippen molar-refractivity contribution >= 4 is 17.5 Å². The molecule has 0 saturated carbocycles. The van der Waals surface area contributed by atoms with E-state index in [1.807, 2.05) is 13.8 Å². The second-order valence-corrected chi connectivity index (χ2v) is 6.82. The first-order valence-electron chi connectivity index (χ1n) is 8.89. The van der Waals surface area contributed by atoms with Crippen molar-refractivity contribution in [1.82, 2.24) is 15.3 Å². The molecule has 0 aliphatic carbocycles. The highest BCUT2D eigenvalue weighted by Gasteiger charge is 2.12. The van der Waals surface area contributed by atoms with Crippen LogP contribution >= 0.6 is 11.6 Å². The van der Waals surface area contributed by atoms with Crippen LogP contribution in [-0.4, -0.2) is 22.0 Å². The topological polar surface area (TPSA) is 73.3 Å². The van der Waals surface area contributed by atoms with Gasteiger partial charge in [-0.2, -0.15) is 0 Å². The minimum atomic E-state index is -0.541. The molecule has 1 amide bonds. The number of benzene rings is 1. The van der Waals surface area contributed by atoms with Crippen LogP contribution in [0.5, 0.6) is 17.4 Å². The van der Waals surface area contributed by atoms with Gasteiger partial charge in [-0.25, -0.2) is 9.37 Å². The van der Waals surface area contributed by atoms with Crippen molar-refractivity contribution in [2.45, 2.75) is 26.5 Å². The summed E-state index contributed by atoms with van der Waals surface area (Å²) in [6.07, 6.45) is 4.39. The maximum absolute atomic E-state index is 14.3. The molecule has 150 valence electrons. The molecule has 0 radical (unpaired) electrons. The lowest BCUT2D eigenvalue weighted by Gasteiger charge is -2.11.